The maximum atomic E-state index is 12.4. The van der Waals surface area contributed by atoms with E-state index in [1.807, 2.05) is 6.92 Å². The zero-order valence-corrected chi connectivity index (χ0v) is 17.3. The molecule has 11 heteroatoms. The molecule has 0 aliphatic heterocycles. The number of nitrogens with one attached hydrogen (secondary N) is 2. The second kappa shape index (κ2) is 9.66. The molecule has 1 fully saturated rings. The highest BCUT2D eigenvalue weighted by Gasteiger charge is 2.31. The standard InChI is InChI=1S/C18H21F3N4O2S2/c1-11(15(26)22-12-5-3-2-4-6-12)28-17-25-24-16(29-17)23-13-7-9-14(10-8-13)27-18(19,20)21/h7-12H,2-6H2,1H3,(H,22,26)(H,23,24). The van der Waals surface area contributed by atoms with Gasteiger partial charge in [0, 0.05) is 11.7 Å². The van der Waals surface area contributed by atoms with E-state index in [1.54, 1.807) is 0 Å². The zero-order chi connectivity index (χ0) is 20.9. The van der Waals surface area contributed by atoms with Crippen molar-refractivity contribution >= 4 is 39.8 Å². The number of hydrogen-bond acceptors (Lipinski definition) is 7. The third kappa shape index (κ3) is 7.07. The van der Waals surface area contributed by atoms with Gasteiger partial charge in [0.15, 0.2) is 4.34 Å². The largest absolute Gasteiger partial charge is 0.573 e. The van der Waals surface area contributed by atoms with E-state index in [0.717, 1.165) is 25.7 Å². The van der Waals surface area contributed by atoms with Crippen LogP contribution in [0.2, 0.25) is 0 Å². The number of carbonyl (C=O) groups is 1. The summed E-state index contributed by atoms with van der Waals surface area (Å²) in [5.74, 6) is -0.304. The van der Waals surface area contributed by atoms with E-state index in [9.17, 15) is 18.0 Å². The van der Waals surface area contributed by atoms with E-state index in [4.69, 9.17) is 0 Å². The quantitative estimate of drug-likeness (QED) is 0.576. The second-order valence-electron chi connectivity index (χ2n) is 6.67. The number of carbonyl (C=O) groups excluding carboxylic acids is 1. The van der Waals surface area contributed by atoms with E-state index >= 15 is 0 Å². The normalized spacial score (nSPS) is 16.3. The number of hydrogen-bond donors (Lipinski definition) is 2. The predicted octanol–water partition coefficient (Wildman–Crippen LogP) is 5.11. The number of aromatic nitrogens is 2. The second-order valence-corrected chi connectivity index (χ2v) is 9.24. The average Bonchev–Trinajstić information content (AvgIpc) is 3.10. The molecule has 1 aliphatic rings. The highest BCUT2D eigenvalue weighted by atomic mass is 32.2. The van der Waals surface area contributed by atoms with Gasteiger partial charge in [-0.25, -0.2) is 0 Å². The Morgan fingerprint density at radius 1 is 1.21 bits per heavy atom. The lowest BCUT2D eigenvalue weighted by Crippen LogP contribution is -2.40. The molecule has 2 N–H and O–H groups in total. The molecule has 1 heterocycles. The van der Waals surface area contributed by atoms with Gasteiger partial charge in [0.2, 0.25) is 11.0 Å². The number of alkyl halides is 3. The van der Waals surface area contributed by atoms with E-state index < -0.39 is 6.36 Å². The Morgan fingerprint density at radius 2 is 1.90 bits per heavy atom. The smallest absolute Gasteiger partial charge is 0.406 e. The molecule has 1 saturated carbocycles. The van der Waals surface area contributed by atoms with Crippen LogP contribution >= 0.6 is 23.1 Å². The molecule has 2 aromatic rings. The van der Waals surface area contributed by atoms with Crippen molar-refractivity contribution in [3.05, 3.63) is 24.3 Å². The number of benzene rings is 1. The van der Waals surface area contributed by atoms with Gasteiger partial charge in [0.05, 0.1) is 5.25 Å². The van der Waals surface area contributed by atoms with Crippen LogP contribution < -0.4 is 15.4 Å². The summed E-state index contributed by atoms with van der Waals surface area (Å²) in [5, 5.41) is 14.3. The van der Waals surface area contributed by atoms with Gasteiger partial charge in [-0.3, -0.25) is 4.79 Å². The van der Waals surface area contributed by atoms with Crippen LogP contribution in [0.4, 0.5) is 24.0 Å². The molecular formula is C18H21F3N4O2S2. The third-order valence-corrected chi connectivity index (χ3v) is 6.37. The lowest BCUT2D eigenvalue weighted by molar-refractivity contribution is -0.274. The first kappa shape index (κ1) is 21.7. The zero-order valence-electron chi connectivity index (χ0n) is 15.7. The summed E-state index contributed by atoms with van der Waals surface area (Å²) in [6.45, 7) is 1.83. The first-order valence-corrected chi connectivity index (χ1v) is 10.9. The fourth-order valence-electron chi connectivity index (χ4n) is 2.94. The molecule has 0 bridgehead atoms. The van der Waals surface area contributed by atoms with Crippen LogP contribution in [-0.4, -0.2) is 33.8 Å². The van der Waals surface area contributed by atoms with Crippen molar-refractivity contribution in [3.63, 3.8) is 0 Å². The number of ether oxygens (including phenoxy) is 1. The number of amides is 1. The van der Waals surface area contributed by atoms with Gasteiger partial charge in [-0.15, -0.1) is 23.4 Å². The van der Waals surface area contributed by atoms with Gasteiger partial charge >= 0.3 is 6.36 Å². The average molecular weight is 447 g/mol. The molecule has 1 amide bonds. The fourth-order valence-corrected chi connectivity index (χ4v) is 4.87. The highest BCUT2D eigenvalue weighted by molar-refractivity contribution is 8.02. The van der Waals surface area contributed by atoms with E-state index in [-0.39, 0.29) is 22.9 Å². The fraction of sp³-hybridized carbons (Fsp3) is 0.500. The Morgan fingerprint density at radius 3 is 2.55 bits per heavy atom. The Balaban J connectivity index is 1.50. The van der Waals surface area contributed by atoms with Crippen molar-refractivity contribution in [2.45, 2.75) is 61.0 Å². The van der Waals surface area contributed by atoms with Crippen LogP contribution in [-0.2, 0) is 4.79 Å². The van der Waals surface area contributed by atoms with Crippen molar-refractivity contribution in [2.75, 3.05) is 5.32 Å². The van der Waals surface area contributed by atoms with Gasteiger partial charge in [-0.1, -0.05) is 42.4 Å². The lowest BCUT2D eigenvalue weighted by Gasteiger charge is -2.24. The summed E-state index contributed by atoms with van der Waals surface area (Å²) < 4.78 is 41.1. The summed E-state index contributed by atoms with van der Waals surface area (Å²) in [6, 6.07) is 5.59. The number of thioether (sulfide) groups is 1. The Kier molecular flexibility index (Phi) is 7.23. The molecule has 0 saturated heterocycles. The summed E-state index contributed by atoms with van der Waals surface area (Å²) in [6.07, 6.45) is 0.879. The SMILES string of the molecule is CC(Sc1nnc(Nc2ccc(OC(F)(F)F)cc2)s1)C(=O)NC1CCCCC1. The molecule has 0 spiro atoms. The van der Waals surface area contributed by atoms with Gasteiger partial charge in [0.25, 0.3) is 0 Å². The molecule has 1 unspecified atom stereocenters. The lowest BCUT2D eigenvalue weighted by atomic mass is 9.95. The number of anilines is 2. The van der Waals surface area contributed by atoms with Crippen molar-refractivity contribution < 1.29 is 22.7 Å². The van der Waals surface area contributed by atoms with Crippen LogP contribution in [0.15, 0.2) is 28.6 Å². The van der Waals surface area contributed by atoms with Crippen molar-refractivity contribution in [2.24, 2.45) is 0 Å². The Labute approximate surface area is 174 Å². The minimum Gasteiger partial charge on any atom is -0.406 e. The van der Waals surface area contributed by atoms with E-state index in [2.05, 4.69) is 25.6 Å². The first-order chi connectivity index (χ1) is 13.8. The number of rotatable bonds is 7. The van der Waals surface area contributed by atoms with Crippen molar-refractivity contribution in [3.8, 4) is 5.75 Å². The molecule has 1 aliphatic carbocycles. The van der Waals surface area contributed by atoms with Gasteiger partial charge in [-0.2, -0.15) is 0 Å². The van der Waals surface area contributed by atoms with E-state index in [0.29, 0.717) is 15.2 Å². The molecular weight excluding hydrogens is 425 g/mol. The molecule has 6 nitrogen and oxygen atoms in total. The molecule has 3 rings (SSSR count). The number of halogens is 3. The molecule has 1 aromatic heterocycles. The highest BCUT2D eigenvalue weighted by Crippen LogP contribution is 2.31. The third-order valence-electron chi connectivity index (χ3n) is 4.34. The maximum Gasteiger partial charge on any atom is 0.573 e. The van der Waals surface area contributed by atoms with Crippen LogP contribution in [0.3, 0.4) is 0 Å². The van der Waals surface area contributed by atoms with Crippen LogP contribution in [0.1, 0.15) is 39.0 Å². The van der Waals surface area contributed by atoms with Crippen LogP contribution in [0, 0.1) is 0 Å². The van der Waals surface area contributed by atoms with Gasteiger partial charge < -0.3 is 15.4 Å². The molecule has 0 radical (unpaired) electrons. The van der Waals surface area contributed by atoms with Crippen LogP contribution in [0.5, 0.6) is 5.75 Å². The Hall–Kier alpha value is -2.01. The van der Waals surface area contributed by atoms with Crippen molar-refractivity contribution in [1.82, 2.24) is 15.5 Å². The maximum absolute atomic E-state index is 12.4. The Bertz CT molecular complexity index is 808. The minimum absolute atomic E-state index is 0.00753. The van der Waals surface area contributed by atoms with E-state index in [1.165, 1.54) is 53.8 Å². The molecule has 158 valence electrons. The summed E-state index contributed by atoms with van der Waals surface area (Å²) in [5.41, 5.74) is 0.551. The molecule has 1 aromatic carbocycles. The monoisotopic (exact) mass is 446 g/mol. The van der Waals surface area contributed by atoms with Gasteiger partial charge in [-0.05, 0) is 44.0 Å². The van der Waals surface area contributed by atoms with Crippen molar-refractivity contribution in [1.29, 1.82) is 0 Å². The molecule has 29 heavy (non-hydrogen) atoms. The topological polar surface area (TPSA) is 76.1 Å². The van der Waals surface area contributed by atoms with Gasteiger partial charge in [0.1, 0.15) is 5.75 Å². The molecule has 1 atom stereocenters. The summed E-state index contributed by atoms with van der Waals surface area (Å²) >= 11 is 2.60. The number of nitrogens with zero attached hydrogens (tertiary/aromatic N) is 2. The first-order valence-electron chi connectivity index (χ1n) is 9.22. The predicted molar refractivity (Wildman–Crippen MR) is 107 cm³/mol. The van der Waals surface area contributed by atoms with Crippen LogP contribution in [0.25, 0.3) is 0 Å². The summed E-state index contributed by atoms with van der Waals surface area (Å²) in [7, 11) is 0. The minimum atomic E-state index is -4.72. The summed E-state index contributed by atoms with van der Waals surface area (Å²) in [4.78, 5) is 12.4.